The molecule has 2 amide bonds. The summed E-state index contributed by atoms with van der Waals surface area (Å²) in [6.07, 6.45) is 0. The standard InChI is InChI=1S/C17H26N6O/c1-11-9-7-8-10-13(11)14(17(3,4)5)19-16(24)18-12(2)15-20-21-22-23(15)6/h7-10,12,14H,1-6H3,(H2,18,19,24)/t12-,14-/m1/s1. The van der Waals surface area contributed by atoms with Gasteiger partial charge in [0.2, 0.25) is 0 Å². The van der Waals surface area contributed by atoms with Crippen molar-refractivity contribution in [2.45, 2.75) is 46.7 Å². The van der Waals surface area contributed by atoms with Crippen LogP contribution in [0.1, 0.15) is 56.7 Å². The molecule has 7 nitrogen and oxygen atoms in total. The Balaban J connectivity index is 2.14. The van der Waals surface area contributed by atoms with E-state index in [-0.39, 0.29) is 23.5 Å². The van der Waals surface area contributed by atoms with Crippen LogP contribution in [0.15, 0.2) is 24.3 Å². The monoisotopic (exact) mass is 330 g/mol. The molecule has 0 spiro atoms. The molecule has 24 heavy (non-hydrogen) atoms. The van der Waals surface area contributed by atoms with Crippen LogP contribution in [0.4, 0.5) is 4.79 Å². The molecular formula is C17H26N6O. The maximum atomic E-state index is 12.5. The minimum Gasteiger partial charge on any atom is -0.331 e. The summed E-state index contributed by atoms with van der Waals surface area (Å²) < 4.78 is 1.55. The first-order valence-electron chi connectivity index (χ1n) is 8.05. The minimum absolute atomic E-state index is 0.108. The number of hydrogen-bond acceptors (Lipinski definition) is 4. The fourth-order valence-corrected chi connectivity index (χ4v) is 2.71. The maximum Gasteiger partial charge on any atom is 0.315 e. The first-order valence-corrected chi connectivity index (χ1v) is 8.05. The van der Waals surface area contributed by atoms with Crippen molar-refractivity contribution >= 4 is 6.03 Å². The van der Waals surface area contributed by atoms with Gasteiger partial charge in [-0.2, -0.15) is 0 Å². The molecule has 130 valence electrons. The summed E-state index contributed by atoms with van der Waals surface area (Å²) in [7, 11) is 1.75. The summed E-state index contributed by atoms with van der Waals surface area (Å²) in [5.41, 5.74) is 2.15. The van der Waals surface area contributed by atoms with E-state index >= 15 is 0 Å². The van der Waals surface area contributed by atoms with Gasteiger partial charge in [0.25, 0.3) is 0 Å². The molecule has 0 fully saturated rings. The molecule has 2 rings (SSSR count). The second-order valence-corrected chi connectivity index (χ2v) is 7.16. The van der Waals surface area contributed by atoms with E-state index in [1.54, 1.807) is 11.7 Å². The molecule has 1 aromatic heterocycles. The van der Waals surface area contributed by atoms with Crippen molar-refractivity contribution in [1.29, 1.82) is 0 Å². The highest BCUT2D eigenvalue weighted by Gasteiger charge is 2.29. The first kappa shape index (κ1) is 17.9. The fraction of sp³-hybridized carbons (Fsp3) is 0.529. The molecular weight excluding hydrogens is 304 g/mol. The Hall–Kier alpha value is -2.44. The van der Waals surface area contributed by atoms with Gasteiger partial charge in [0.1, 0.15) is 0 Å². The molecule has 0 bridgehead atoms. The molecule has 0 aliphatic heterocycles. The van der Waals surface area contributed by atoms with Gasteiger partial charge in [-0.05, 0) is 40.8 Å². The average Bonchev–Trinajstić information content (AvgIpc) is 2.91. The van der Waals surface area contributed by atoms with Gasteiger partial charge >= 0.3 is 6.03 Å². The van der Waals surface area contributed by atoms with Crippen molar-refractivity contribution in [3.8, 4) is 0 Å². The van der Waals surface area contributed by atoms with E-state index in [2.05, 4.69) is 66.0 Å². The molecule has 0 aliphatic rings. The van der Waals surface area contributed by atoms with Gasteiger partial charge in [0.15, 0.2) is 5.82 Å². The number of tetrazole rings is 1. The number of nitrogens with one attached hydrogen (secondary N) is 2. The van der Waals surface area contributed by atoms with Crippen LogP contribution in [0.25, 0.3) is 0 Å². The van der Waals surface area contributed by atoms with Crippen LogP contribution in [0.3, 0.4) is 0 Å². The van der Waals surface area contributed by atoms with E-state index in [0.29, 0.717) is 5.82 Å². The molecule has 2 N–H and O–H groups in total. The van der Waals surface area contributed by atoms with E-state index < -0.39 is 0 Å². The molecule has 0 saturated carbocycles. The molecule has 0 aliphatic carbocycles. The summed E-state index contributed by atoms with van der Waals surface area (Å²) in [4.78, 5) is 12.5. The second-order valence-electron chi connectivity index (χ2n) is 7.16. The number of aryl methyl sites for hydroxylation is 2. The van der Waals surface area contributed by atoms with Gasteiger partial charge in [-0.25, -0.2) is 9.48 Å². The topological polar surface area (TPSA) is 84.7 Å². The van der Waals surface area contributed by atoms with Crippen LogP contribution in [0, 0.1) is 12.3 Å². The van der Waals surface area contributed by atoms with E-state index in [1.807, 2.05) is 19.1 Å². The first-order chi connectivity index (χ1) is 11.2. The number of benzene rings is 1. The van der Waals surface area contributed by atoms with Crippen LogP contribution < -0.4 is 10.6 Å². The van der Waals surface area contributed by atoms with E-state index in [9.17, 15) is 4.79 Å². The van der Waals surface area contributed by atoms with Gasteiger partial charge in [0, 0.05) is 7.05 Å². The van der Waals surface area contributed by atoms with Crippen LogP contribution in [0.5, 0.6) is 0 Å². The predicted octanol–water partition coefficient (Wildman–Crippen LogP) is 2.67. The third kappa shape index (κ3) is 4.10. The SMILES string of the molecule is Cc1ccccc1[C@@H](NC(=O)N[C@H](C)c1nnnn1C)C(C)(C)C. The molecule has 1 aromatic carbocycles. The van der Waals surface area contributed by atoms with Gasteiger partial charge in [0.05, 0.1) is 12.1 Å². The molecule has 0 saturated heterocycles. The van der Waals surface area contributed by atoms with Gasteiger partial charge in [-0.3, -0.25) is 0 Å². The summed E-state index contributed by atoms with van der Waals surface area (Å²) in [5, 5.41) is 17.3. The fourth-order valence-electron chi connectivity index (χ4n) is 2.71. The molecule has 2 aromatic rings. The lowest BCUT2D eigenvalue weighted by Crippen LogP contribution is -2.44. The number of aromatic nitrogens is 4. The van der Waals surface area contributed by atoms with Crippen molar-refractivity contribution in [2.24, 2.45) is 12.5 Å². The van der Waals surface area contributed by atoms with E-state index in [0.717, 1.165) is 11.1 Å². The summed E-state index contributed by atoms with van der Waals surface area (Å²) in [5.74, 6) is 0.605. The highest BCUT2D eigenvalue weighted by atomic mass is 16.2. The van der Waals surface area contributed by atoms with Crippen molar-refractivity contribution in [3.63, 3.8) is 0 Å². The third-order valence-electron chi connectivity index (χ3n) is 4.03. The highest BCUT2D eigenvalue weighted by Crippen LogP contribution is 2.34. The van der Waals surface area contributed by atoms with Gasteiger partial charge in [-0.1, -0.05) is 45.0 Å². The number of nitrogens with zero attached hydrogens (tertiary/aromatic N) is 4. The van der Waals surface area contributed by atoms with Gasteiger partial charge in [-0.15, -0.1) is 5.10 Å². The lowest BCUT2D eigenvalue weighted by Gasteiger charge is -2.33. The Labute approximate surface area is 142 Å². The smallest absolute Gasteiger partial charge is 0.315 e. The van der Waals surface area contributed by atoms with Crippen LogP contribution in [-0.4, -0.2) is 26.2 Å². The van der Waals surface area contributed by atoms with Crippen LogP contribution >= 0.6 is 0 Å². The Bertz CT molecular complexity index is 703. The number of carbonyl (C=O) groups excluding carboxylic acids is 1. The second kappa shape index (κ2) is 6.98. The Morgan fingerprint density at radius 2 is 1.88 bits per heavy atom. The van der Waals surface area contributed by atoms with E-state index in [1.165, 1.54) is 0 Å². The number of urea groups is 1. The predicted molar refractivity (Wildman–Crippen MR) is 92.3 cm³/mol. The largest absolute Gasteiger partial charge is 0.331 e. The number of carbonyl (C=O) groups is 1. The lowest BCUT2D eigenvalue weighted by molar-refractivity contribution is 0.215. The Morgan fingerprint density at radius 1 is 1.21 bits per heavy atom. The number of rotatable bonds is 4. The Morgan fingerprint density at radius 3 is 2.42 bits per heavy atom. The summed E-state index contributed by atoms with van der Waals surface area (Å²) >= 11 is 0. The van der Waals surface area contributed by atoms with Crippen molar-refractivity contribution in [3.05, 3.63) is 41.2 Å². The zero-order chi connectivity index (χ0) is 17.9. The van der Waals surface area contributed by atoms with Crippen molar-refractivity contribution < 1.29 is 4.79 Å². The lowest BCUT2D eigenvalue weighted by atomic mass is 9.81. The summed E-state index contributed by atoms with van der Waals surface area (Å²) in [6.45, 7) is 10.2. The molecule has 7 heteroatoms. The Kier molecular flexibility index (Phi) is 5.21. The maximum absolute atomic E-state index is 12.5. The van der Waals surface area contributed by atoms with Crippen molar-refractivity contribution in [2.75, 3.05) is 0 Å². The van der Waals surface area contributed by atoms with Crippen molar-refractivity contribution in [1.82, 2.24) is 30.8 Å². The highest BCUT2D eigenvalue weighted by molar-refractivity contribution is 5.75. The zero-order valence-corrected chi connectivity index (χ0v) is 15.2. The molecule has 1 heterocycles. The normalized spacial score (nSPS) is 14.1. The number of hydrogen-bond donors (Lipinski definition) is 2. The summed E-state index contributed by atoms with van der Waals surface area (Å²) in [6, 6.07) is 7.47. The van der Waals surface area contributed by atoms with Crippen LogP contribution in [-0.2, 0) is 7.05 Å². The quantitative estimate of drug-likeness (QED) is 0.902. The molecule has 0 radical (unpaired) electrons. The average molecular weight is 330 g/mol. The third-order valence-corrected chi connectivity index (χ3v) is 4.03. The van der Waals surface area contributed by atoms with Gasteiger partial charge < -0.3 is 10.6 Å². The number of amides is 2. The zero-order valence-electron chi connectivity index (χ0n) is 15.2. The molecule has 0 unspecified atom stereocenters. The van der Waals surface area contributed by atoms with Crippen LogP contribution in [0.2, 0.25) is 0 Å². The molecule has 2 atom stereocenters. The minimum atomic E-state index is -0.289. The van der Waals surface area contributed by atoms with E-state index in [4.69, 9.17) is 0 Å².